The number of carboxylic acid groups (broad SMARTS) is 1. The number of nitrogens with zero attached hydrogens (tertiary/aromatic N) is 2. The third-order valence-electron chi connectivity index (χ3n) is 3.95. The van der Waals surface area contributed by atoms with Gasteiger partial charge < -0.3 is 10.0 Å². The van der Waals surface area contributed by atoms with Crippen LogP contribution in [0.15, 0.2) is 30.3 Å². The molecule has 2 aliphatic rings. The average molecular weight is 274 g/mol. The Morgan fingerprint density at radius 3 is 2.50 bits per heavy atom. The number of ketones is 1. The second kappa shape index (κ2) is 4.63. The van der Waals surface area contributed by atoms with Crippen molar-refractivity contribution in [2.45, 2.75) is 18.5 Å². The lowest BCUT2D eigenvalue weighted by Gasteiger charge is -2.23. The summed E-state index contributed by atoms with van der Waals surface area (Å²) in [5.74, 6) is -0.405. The van der Waals surface area contributed by atoms with Crippen LogP contribution in [0.1, 0.15) is 16.8 Å². The summed E-state index contributed by atoms with van der Waals surface area (Å²) in [5, 5.41) is 9.09. The van der Waals surface area contributed by atoms with Gasteiger partial charge in [0.05, 0.1) is 12.6 Å². The van der Waals surface area contributed by atoms with Gasteiger partial charge in [-0.3, -0.25) is 14.5 Å². The van der Waals surface area contributed by atoms with Gasteiger partial charge in [-0.05, 0) is 18.6 Å². The van der Waals surface area contributed by atoms with Gasteiger partial charge in [0.15, 0.2) is 5.78 Å². The Bertz CT molecular complexity index is 572. The molecule has 2 fully saturated rings. The Labute approximate surface area is 115 Å². The van der Waals surface area contributed by atoms with Crippen LogP contribution in [0.5, 0.6) is 0 Å². The first-order valence-corrected chi connectivity index (χ1v) is 6.48. The van der Waals surface area contributed by atoms with Gasteiger partial charge in [0.1, 0.15) is 6.04 Å². The number of hydrogen-bond acceptors (Lipinski definition) is 3. The number of carbonyl (C=O) groups is 3. The van der Waals surface area contributed by atoms with Gasteiger partial charge in [-0.2, -0.15) is 0 Å². The Kier molecular flexibility index (Phi) is 2.93. The molecule has 6 nitrogen and oxygen atoms in total. The quantitative estimate of drug-likeness (QED) is 0.823. The van der Waals surface area contributed by atoms with Crippen LogP contribution in [0.3, 0.4) is 0 Å². The largest absolute Gasteiger partial charge is 0.465 e. The zero-order valence-electron chi connectivity index (χ0n) is 10.7. The van der Waals surface area contributed by atoms with Crippen LogP contribution in [-0.2, 0) is 4.79 Å². The lowest BCUT2D eigenvalue weighted by atomic mass is 10.1. The summed E-state index contributed by atoms with van der Waals surface area (Å²) < 4.78 is 0. The highest BCUT2D eigenvalue weighted by molar-refractivity contribution is 6.01. The van der Waals surface area contributed by atoms with Gasteiger partial charge >= 0.3 is 6.09 Å². The molecule has 0 saturated carbocycles. The third kappa shape index (κ3) is 1.84. The van der Waals surface area contributed by atoms with Crippen LogP contribution >= 0.6 is 0 Å². The van der Waals surface area contributed by atoms with Crippen molar-refractivity contribution in [3.8, 4) is 0 Å². The molecule has 2 unspecified atom stereocenters. The zero-order chi connectivity index (χ0) is 14.3. The summed E-state index contributed by atoms with van der Waals surface area (Å²) in [7, 11) is 0. The monoisotopic (exact) mass is 274 g/mol. The van der Waals surface area contributed by atoms with E-state index in [1.54, 1.807) is 24.3 Å². The molecule has 0 radical (unpaired) electrons. The maximum atomic E-state index is 12.4. The number of carbonyl (C=O) groups excluding carboxylic acids is 2. The van der Waals surface area contributed by atoms with Crippen LogP contribution in [-0.4, -0.2) is 57.9 Å². The smallest absolute Gasteiger partial charge is 0.407 e. The SMILES string of the molecule is O=C1CN(C(=O)c2ccccc2)C2CCN(C(=O)O)C12. The fourth-order valence-electron chi connectivity index (χ4n) is 3.05. The molecular weight excluding hydrogens is 260 g/mol. The van der Waals surface area contributed by atoms with Crippen LogP contribution in [0.4, 0.5) is 4.79 Å². The second-order valence-corrected chi connectivity index (χ2v) is 5.04. The fraction of sp³-hybridized carbons (Fsp3) is 0.357. The Balaban J connectivity index is 1.86. The van der Waals surface area contributed by atoms with Gasteiger partial charge in [-0.25, -0.2) is 4.79 Å². The van der Waals surface area contributed by atoms with Crippen molar-refractivity contribution in [3.63, 3.8) is 0 Å². The van der Waals surface area contributed by atoms with Crippen LogP contribution in [0.2, 0.25) is 0 Å². The molecule has 0 bridgehead atoms. The standard InChI is InChI=1S/C14H14N2O4/c17-11-8-16(13(18)9-4-2-1-3-5-9)10-6-7-15(12(10)11)14(19)20/h1-5,10,12H,6-8H2,(H,19,20). The highest BCUT2D eigenvalue weighted by atomic mass is 16.4. The molecule has 20 heavy (non-hydrogen) atoms. The molecule has 2 aliphatic heterocycles. The molecule has 0 aromatic heterocycles. The maximum absolute atomic E-state index is 12.4. The minimum Gasteiger partial charge on any atom is -0.465 e. The number of rotatable bonds is 1. The van der Waals surface area contributed by atoms with Gasteiger partial charge in [0.25, 0.3) is 5.91 Å². The first-order chi connectivity index (χ1) is 9.59. The maximum Gasteiger partial charge on any atom is 0.407 e. The topological polar surface area (TPSA) is 77.9 Å². The van der Waals surface area contributed by atoms with Crippen molar-refractivity contribution in [1.82, 2.24) is 9.80 Å². The van der Waals surface area contributed by atoms with E-state index in [9.17, 15) is 14.4 Å². The molecule has 0 aliphatic carbocycles. The number of fused-ring (bicyclic) bond motifs is 1. The lowest BCUT2D eigenvalue weighted by molar-refractivity contribution is -0.120. The van der Waals surface area contributed by atoms with E-state index in [-0.39, 0.29) is 24.3 Å². The van der Waals surface area contributed by atoms with E-state index >= 15 is 0 Å². The molecule has 2 amide bonds. The van der Waals surface area contributed by atoms with E-state index < -0.39 is 12.1 Å². The highest BCUT2D eigenvalue weighted by Crippen LogP contribution is 2.30. The summed E-state index contributed by atoms with van der Waals surface area (Å²) in [4.78, 5) is 38.2. The minimum atomic E-state index is -1.10. The third-order valence-corrected chi connectivity index (χ3v) is 3.95. The molecule has 1 aromatic rings. The number of likely N-dealkylation sites (tertiary alicyclic amines) is 2. The van der Waals surface area contributed by atoms with Crippen molar-refractivity contribution >= 4 is 17.8 Å². The van der Waals surface area contributed by atoms with Crippen molar-refractivity contribution in [2.24, 2.45) is 0 Å². The number of Topliss-reactive ketones (excluding diaryl/α,β-unsaturated/α-hetero) is 1. The molecule has 2 saturated heterocycles. The van der Waals surface area contributed by atoms with E-state index in [1.165, 1.54) is 4.90 Å². The molecule has 104 valence electrons. The number of amides is 2. The van der Waals surface area contributed by atoms with Crippen LogP contribution < -0.4 is 0 Å². The Hall–Kier alpha value is -2.37. The first kappa shape index (κ1) is 12.7. The van der Waals surface area contributed by atoms with Crippen molar-refractivity contribution < 1.29 is 19.5 Å². The first-order valence-electron chi connectivity index (χ1n) is 6.48. The predicted octanol–water partition coefficient (Wildman–Crippen LogP) is 0.832. The van der Waals surface area contributed by atoms with Crippen molar-refractivity contribution in [2.75, 3.05) is 13.1 Å². The average Bonchev–Trinajstić information content (AvgIpc) is 3.01. The van der Waals surface area contributed by atoms with Crippen molar-refractivity contribution in [1.29, 1.82) is 0 Å². The minimum absolute atomic E-state index is 0.00710. The van der Waals surface area contributed by atoms with Gasteiger partial charge in [0.2, 0.25) is 0 Å². The van der Waals surface area contributed by atoms with E-state index in [1.807, 2.05) is 6.07 Å². The summed E-state index contributed by atoms with van der Waals surface area (Å²) in [5.41, 5.74) is 0.523. The molecular formula is C14H14N2O4. The van der Waals surface area contributed by atoms with Crippen molar-refractivity contribution in [3.05, 3.63) is 35.9 Å². The van der Waals surface area contributed by atoms with Crippen LogP contribution in [0.25, 0.3) is 0 Å². The summed E-state index contributed by atoms with van der Waals surface area (Å²) >= 11 is 0. The fourth-order valence-corrected chi connectivity index (χ4v) is 3.05. The van der Waals surface area contributed by atoms with Crippen LogP contribution in [0, 0.1) is 0 Å². The summed E-state index contributed by atoms with van der Waals surface area (Å²) in [6.45, 7) is 0.293. The molecule has 6 heteroatoms. The van der Waals surface area contributed by atoms with Gasteiger partial charge in [-0.15, -0.1) is 0 Å². The zero-order valence-corrected chi connectivity index (χ0v) is 10.7. The molecule has 2 heterocycles. The Morgan fingerprint density at radius 1 is 1.15 bits per heavy atom. The normalized spacial score (nSPS) is 24.9. The highest BCUT2D eigenvalue weighted by Gasteiger charge is 2.51. The van der Waals surface area contributed by atoms with E-state index in [0.29, 0.717) is 18.5 Å². The second-order valence-electron chi connectivity index (χ2n) is 5.04. The van der Waals surface area contributed by atoms with E-state index in [0.717, 1.165) is 4.90 Å². The van der Waals surface area contributed by atoms with Gasteiger partial charge in [-0.1, -0.05) is 18.2 Å². The molecule has 0 spiro atoms. The lowest BCUT2D eigenvalue weighted by Crippen LogP contribution is -2.42. The number of hydrogen-bond donors (Lipinski definition) is 1. The predicted molar refractivity (Wildman–Crippen MR) is 69.4 cm³/mol. The summed E-state index contributed by atoms with van der Waals surface area (Å²) in [6.07, 6.45) is -0.582. The molecule has 3 rings (SSSR count). The molecule has 1 N–H and O–H groups in total. The number of benzene rings is 1. The summed E-state index contributed by atoms with van der Waals surface area (Å²) in [6, 6.07) is 7.72. The molecule has 1 aromatic carbocycles. The van der Waals surface area contributed by atoms with Gasteiger partial charge in [0, 0.05) is 12.1 Å². The van der Waals surface area contributed by atoms with E-state index in [4.69, 9.17) is 5.11 Å². The molecule has 2 atom stereocenters. The van der Waals surface area contributed by atoms with E-state index in [2.05, 4.69) is 0 Å². The Morgan fingerprint density at radius 2 is 1.85 bits per heavy atom.